The number of para-hydroxylation sites is 1. The second-order valence-corrected chi connectivity index (χ2v) is 12.2. The summed E-state index contributed by atoms with van der Waals surface area (Å²) in [5.74, 6) is -1.73. The maximum atomic E-state index is 13.7. The minimum absolute atomic E-state index is 0.0517. The molecule has 1 aliphatic heterocycles. The summed E-state index contributed by atoms with van der Waals surface area (Å²) < 4.78 is 34.2. The number of halogens is 1. The molecule has 0 radical (unpaired) electrons. The molecule has 0 spiro atoms. The van der Waals surface area contributed by atoms with E-state index in [0.717, 1.165) is 5.56 Å². The van der Waals surface area contributed by atoms with E-state index in [4.69, 9.17) is 16.3 Å². The number of rotatable bonds is 10. The number of anilines is 1. The van der Waals surface area contributed by atoms with Gasteiger partial charge in [-0.25, -0.2) is 8.42 Å². The number of hydrogen-bond acceptors (Lipinski definition) is 5. The summed E-state index contributed by atoms with van der Waals surface area (Å²) in [5.41, 5.74) is 1.32. The second kappa shape index (κ2) is 10.8. The smallest absolute Gasteiger partial charge is 0.306 e. The number of hydrogen-bond donors (Lipinski definition) is 1. The number of morpholine rings is 1. The standard InChI is InChI=1S/C26H31ClN2O6S/c1-17(2)22(15-28(20-6-4-3-5-7-20)36(33,34)21-12-13-21)29-23(18-8-10-19(27)11-9-18)16-35-24(26(29)32)14-25(30)31/h3-11,17,21-24H,12-16H2,1-2H3,(H,30,31)/t22?,23-,24+/m0/s1. The molecule has 1 saturated carbocycles. The van der Waals surface area contributed by atoms with Crippen LogP contribution in [-0.2, 0) is 24.3 Å². The van der Waals surface area contributed by atoms with Crippen LogP contribution in [0.1, 0.15) is 44.7 Å². The molecular weight excluding hydrogens is 504 g/mol. The lowest BCUT2D eigenvalue weighted by molar-refractivity contribution is -0.170. The van der Waals surface area contributed by atoms with E-state index >= 15 is 0 Å². The third-order valence-electron chi connectivity index (χ3n) is 6.71. The molecule has 1 unspecified atom stereocenters. The number of benzene rings is 2. The fourth-order valence-electron chi connectivity index (χ4n) is 4.61. The van der Waals surface area contributed by atoms with Gasteiger partial charge in [-0.05, 0) is 48.6 Å². The van der Waals surface area contributed by atoms with Crippen LogP contribution >= 0.6 is 11.6 Å². The van der Waals surface area contributed by atoms with Crippen LogP contribution in [0.3, 0.4) is 0 Å². The van der Waals surface area contributed by atoms with Gasteiger partial charge in [0.1, 0.15) is 6.10 Å². The number of amides is 1. The first kappa shape index (κ1) is 26.4. The molecule has 1 aliphatic carbocycles. The summed E-state index contributed by atoms with van der Waals surface area (Å²) in [7, 11) is -3.63. The highest BCUT2D eigenvalue weighted by atomic mass is 35.5. The summed E-state index contributed by atoms with van der Waals surface area (Å²) in [4.78, 5) is 26.8. The third-order valence-corrected chi connectivity index (χ3v) is 9.25. The molecule has 8 nitrogen and oxygen atoms in total. The molecule has 2 fully saturated rings. The average Bonchev–Trinajstić information content (AvgIpc) is 3.68. The molecule has 2 aliphatic rings. The summed E-state index contributed by atoms with van der Waals surface area (Å²) in [6.45, 7) is 4.02. The highest BCUT2D eigenvalue weighted by Crippen LogP contribution is 2.37. The lowest BCUT2D eigenvalue weighted by atomic mass is 9.94. The van der Waals surface area contributed by atoms with E-state index in [9.17, 15) is 23.1 Å². The molecule has 194 valence electrons. The molecule has 1 heterocycles. The van der Waals surface area contributed by atoms with Crippen molar-refractivity contribution in [3.63, 3.8) is 0 Å². The number of ether oxygens (including phenoxy) is 1. The lowest BCUT2D eigenvalue weighted by Gasteiger charge is -2.46. The first-order valence-corrected chi connectivity index (χ1v) is 14.0. The molecule has 4 rings (SSSR count). The lowest BCUT2D eigenvalue weighted by Crippen LogP contribution is -2.59. The second-order valence-electron chi connectivity index (χ2n) is 9.66. The molecule has 0 bridgehead atoms. The van der Waals surface area contributed by atoms with Gasteiger partial charge in [0, 0.05) is 5.02 Å². The van der Waals surface area contributed by atoms with Gasteiger partial charge in [0.25, 0.3) is 5.91 Å². The Balaban J connectivity index is 1.75. The van der Waals surface area contributed by atoms with Gasteiger partial charge in [0.2, 0.25) is 10.0 Å². The van der Waals surface area contributed by atoms with Crippen LogP contribution in [0.15, 0.2) is 54.6 Å². The van der Waals surface area contributed by atoms with Crippen LogP contribution in [-0.4, -0.2) is 60.8 Å². The predicted octanol–water partition coefficient (Wildman–Crippen LogP) is 4.11. The van der Waals surface area contributed by atoms with Crippen molar-refractivity contribution in [1.29, 1.82) is 0 Å². The number of nitrogens with zero attached hydrogens (tertiary/aromatic N) is 2. The van der Waals surface area contributed by atoms with E-state index < -0.39 is 51.8 Å². The quantitative estimate of drug-likeness (QED) is 0.492. The van der Waals surface area contributed by atoms with Gasteiger partial charge in [-0.15, -0.1) is 0 Å². The van der Waals surface area contributed by atoms with E-state index in [1.165, 1.54) is 4.31 Å². The molecule has 1 N–H and O–H groups in total. The Kier molecular flexibility index (Phi) is 7.92. The van der Waals surface area contributed by atoms with Crippen molar-refractivity contribution in [2.24, 2.45) is 5.92 Å². The topological polar surface area (TPSA) is 104 Å². The Bertz CT molecular complexity index is 1180. The molecule has 10 heteroatoms. The van der Waals surface area contributed by atoms with E-state index in [0.29, 0.717) is 23.6 Å². The van der Waals surface area contributed by atoms with Gasteiger partial charge in [0.05, 0.1) is 42.6 Å². The first-order chi connectivity index (χ1) is 17.1. The Morgan fingerprint density at radius 2 is 1.78 bits per heavy atom. The minimum Gasteiger partial charge on any atom is -0.481 e. The van der Waals surface area contributed by atoms with Crippen LogP contribution in [0.4, 0.5) is 5.69 Å². The minimum atomic E-state index is -3.63. The number of carboxylic acid groups (broad SMARTS) is 1. The normalized spacial score (nSPS) is 21.4. The van der Waals surface area contributed by atoms with Crippen molar-refractivity contribution in [2.75, 3.05) is 17.5 Å². The van der Waals surface area contributed by atoms with Gasteiger partial charge in [-0.2, -0.15) is 0 Å². The van der Waals surface area contributed by atoms with Crippen molar-refractivity contribution in [1.82, 2.24) is 4.90 Å². The summed E-state index contributed by atoms with van der Waals surface area (Å²) in [5, 5.41) is 9.46. The maximum Gasteiger partial charge on any atom is 0.306 e. The van der Waals surface area contributed by atoms with Gasteiger partial charge in [-0.3, -0.25) is 13.9 Å². The highest BCUT2D eigenvalue weighted by Gasteiger charge is 2.46. The molecule has 2 aromatic carbocycles. The van der Waals surface area contributed by atoms with Gasteiger partial charge < -0.3 is 14.7 Å². The van der Waals surface area contributed by atoms with E-state index in [2.05, 4.69) is 0 Å². The summed E-state index contributed by atoms with van der Waals surface area (Å²) in [6.07, 6.45) is -0.376. The zero-order chi connectivity index (χ0) is 26.0. The molecule has 1 saturated heterocycles. The van der Waals surface area contributed by atoms with E-state index in [1.807, 2.05) is 19.9 Å². The number of sulfonamides is 1. The number of carbonyl (C=O) groups is 2. The predicted molar refractivity (Wildman–Crippen MR) is 137 cm³/mol. The fraction of sp³-hybridized carbons (Fsp3) is 0.462. The largest absolute Gasteiger partial charge is 0.481 e. The molecule has 2 aromatic rings. The number of aliphatic carboxylic acids is 1. The molecule has 1 amide bonds. The summed E-state index contributed by atoms with van der Waals surface area (Å²) in [6, 6.07) is 14.9. The highest BCUT2D eigenvalue weighted by molar-refractivity contribution is 7.93. The van der Waals surface area contributed by atoms with Crippen LogP contribution < -0.4 is 4.31 Å². The Hall–Kier alpha value is -2.62. The number of carboxylic acids is 1. The van der Waals surface area contributed by atoms with Crippen molar-refractivity contribution in [3.05, 3.63) is 65.2 Å². The molecule has 0 aromatic heterocycles. The monoisotopic (exact) mass is 534 g/mol. The summed E-state index contributed by atoms with van der Waals surface area (Å²) >= 11 is 6.08. The van der Waals surface area contributed by atoms with Crippen LogP contribution in [0, 0.1) is 5.92 Å². The Labute approximate surface area is 216 Å². The van der Waals surface area contributed by atoms with Crippen molar-refractivity contribution >= 4 is 39.2 Å². The van der Waals surface area contributed by atoms with Gasteiger partial charge >= 0.3 is 5.97 Å². The van der Waals surface area contributed by atoms with E-state index in [-0.39, 0.29) is 19.1 Å². The molecule has 3 atom stereocenters. The Morgan fingerprint density at radius 1 is 1.14 bits per heavy atom. The van der Waals surface area contributed by atoms with Crippen molar-refractivity contribution in [3.8, 4) is 0 Å². The molecular formula is C26H31ClN2O6S. The van der Waals surface area contributed by atoms with Gasteiger partial charge in [0.15, 0.2) is 0 Å². The number of carbonyl (C=O) groups excluding carboxylic acids is 1. The maximum absolute atomic E-state index is 13.7. The average molecular weight is 535 g/mol. The fourth-order valence-corrected chi connectivity index (χ4v) is 6.60. The Morgan fingerprint density at radius 3 is 2.33 bits per heavy atom. The third kappa shape index (κ3) is 5.68. The van der Waals surface area contributed by atoms with Crippen molar-refractivity contribution in [2.45, 2.75) is 56.5 Å². The van der Waals surface area contributed by atoms with Crippen LogP contribution in [0.25, 0.3) is 0 Å². The van der Waals surface area contributed by atoms with Crippen LogP contribution in [0.2, 0.25) is 5.02 Å². The molecule has 36 heavy (non-hydrogen) atoms. The van der Waals surface area contributed by atoms with Crippen molar-refractivity contribution < 1.29 is 27.9 Å². The SMILES string of the molecule is CC(C)C(CN(c1ccccc1)S(=O)(=O)C1CC1)N1C(=O)[C@@H](CC(=O)O)OC[C@H]1c1ccc(Cl)cc1. The zero-order valence-electron chi connectivity index (χ0n) is 20.3. The van der Waals surface area contributed by atoms with E-state index in [1.54, 1.807) is 53.4 Å². The van der Waals surface area contributed by atoms with Gasteiger partial charge in [-0.1, -0.05) is 55.8 Å². The van der Waals surface area contributed by atoms with Crippen LogP contribution in [0.5, 0.6) is 0 Å². The first-order valence-electron chi connectivity index (χ1n) is 12.1. The zero-order valence-corrected chi connectivity index (χ0v) is 21.9.